The predicted octanol–water partition coefficient (Wildman–Crippen LogP) is 3.41. The van der Waals surface area contributed by atoms with E-state index < -0.39 is 0 Å². The molecule has 17 heavy (non-hydrogen) atoms. The number of rotatable bonds is 9. The summed E-state index contributed by atoms with van der Waals surface area (Å²) in [5.74, 6) is 1.02. The first kappa shape index (κ1) is 14.0. The number of benzene rings is 1. The molecule has 0 spiro atoms. The minimum Gasteiger partial charge on any atom is -0.494 e. The van der Waals surface area contributed by atoms with E-state index in [2.05, 4.69) is 30.4 Å². The van der Waals surface area contributed by atoms with Gasteiger partial charge in [0.25, 0.3) is 0 Å². The number of hydrogen-bond acceptors (Lipinski definition) is 2. The van der Waals surface area contributed by atoms with E-state index in [4.69, 9.17) is 4.74 Å². The van der Waals surface area contributed by atoms with Gasteiger partial charge in [-0.2, -0.15) is 0 Å². The van der Waals surface area contributed by atoms with Crippen molar-refractivity contribution >= 4 is 0 Å². The van der Waals surface area contributed by atoms with Crippen LogP contribution in [-0.2, 0) is 6.42 Å². The standard InChI is InChI=1S/C15H25NO/c1-3-4-5-12-17-15-10-6-8-14(13-15)9-7-11-16-2/h6,8,10,13,16H,3-5,7,9,11-12H2,1-2H3. The zero-order chi connectivity index (χ0) is 12.3. The van der Waals surface area contributed by atoms with Crippen molar-refractivity contribution in [2.24, 2.45) is 0 Å². The minimum atomic E-state index is 0.841. The van der Waals surface area contributed by atoms with E-state index in [1.165, 1.54) is 24.8 Å². The van der Waals surface area contributed by atoms with Crippen LogP contribution in [0.2, 0.25) is 0 Å². The molecule has 0 amide bonds. The van der Waals surface area contributed by atoms with E-state index in [0.29, 0.717) is 0 Å². The second-order valence-corrected chi connectivity index (χ2v) is 4.41. The molecular weight excluding hydrogens is 210 g/mol. The van der Waals surface area contributed by atoms with Gasteiger partial charge in [0, 0.05) is 0 Å². The lowest BCUT2D eigenvalue weighted by molar-refractivity contribution is 0.306. The number of nitrogens with one attached hydrogen (secondary N) is 1. The van der Waals surface area contributed by atoms with E-state index >= 15 is 0 Å². The van der Waals surface area contributed by atoms with Crippen LogP contribution in [0, 0.1) is 0 Å². The maximum Gasteiger partial charge on any atom is 0.119 e. The van der Waals surface area contributed by atoms with Crippen molar-refractivity contribution in [1.82, 2.24) is 5.32 Å². The van der Waals surface area contributed by atoms with Crippen molar-refractivity contribution in [3.8, 4) is 5.75 Å². The fraction of sp³-hybridized carbons (Fsp3) is 0.600. The topological polar surface area (TPSA) is 21.3 Å². The second-order valence-electron chi connectivity index (χ2n) is 4.41. The lowest BCUT2D eigenvalue weighted by Crippen LogP contribution is -2.08. The highest BCUT2D eigenvalue weighted by Gasteiger charge is 1.97. The third kappa shape index (κ3) is 6.32. The maximum absolute atomic E-state index is 5.74. The number of hydrogen-bond donors (Lipinski definition) is 1. The first-order valence-electron chi connectivity index (χ1n) is 6.73. The second kappa shape index (κ2) is 9.06. The maximum atomic E-state index is 5.74. The molecule has 0 fully saturated rings. The first-order chi connectivity index (χ1) is 8.36. The summed E-state index contributed by atoms with van der Waals surface area (Å²) in [6.45, 7) is 4.12. The summed E-state index contributed by atoms with van der Waals surface area (Å²) < 4.78 is 5.74. The molecular formula is C15H25NO. The molecule has 0 aliphatic carbocycles. The van der Waals surface area contributed by atoms with Crippen LogP contribution in [0.5, 0.6) is 5.75 Å². The molecule has 1 aromatic rings. The summed E-state index contributed by atoms with van der Waals surface area (Å²) in [5.41, 5.74) is 1.37. The molecule has 1 aromatic carbocycles. The molecule has 0 unspecified atom stereocenters. The Morgan fingerprint density at radius 3 is 2.82 bits per heavy atom. The summed E-state index contributed by atoms with van der Waals surface area (Å²) in [5, 5.41) is 3.17. The molecule has 0 aliphatic heterocycles. The predicted molar refractivity (Wildman–Crippen MR) is 73.7 cm³/mol. The molecule has 1 rings (SSSR count). The summed E-state index contributed by atoms with van der Waals surface area (Å²) in [7, 11) is 1.99. The molecule has 0 aliphatic rings. The van der Waals surface area contributed by atoms with Gasteiger partial charge in [-0.05, 0) is 50.6 Å². The van der Waals surface area contributed by atoms with Crippen molar-refractivity contribution in [2.45, 2.75) is 39.0 Å². The van der Waals surface area contributed by atoms with Gasteiger partial charge in [-0.3, -0.25) is 0 Å². The smallest absolute Gasteiger partial charge is 0.119 e. The lowest BCUT2D eigenvalue weighted by Gasteiger charge is -2.07. The van der Waals surface area contributed by atoms with Crippen LogP contribution in [0.3, 0.4) is 0 Å². The van der Waals surface area contributed by atoms with Gasteiger partial charge in [0.2, 0.25) is 0 Å². The van der Waals surface area contributed by atoms with Crippen LogP contribution in [0.1, 0.15) is 38.2 Å². The van der Waals surface area contributed by atoms with Crippen molar-refractivity contribution in [3.05, 3.63) is 29.8 Å². The molecule has 0 heterocycles. The Hall–Kier alpha value is -1.02. The molecule has 2 nitrogen and oxygen atoms in total. The van der Waals surface area contributed by atoms with Crippen LogP contribution >= 0.6 is 0 Å². The van der Waals surface area contributed by atoms with E-state index in [9.17, 15) is 0 Å². The van der Waals surface area contributed by atoms with Crippen LogP contribution < -0.4 is 10.1 Å². The molecule has 96 valence electrons. The summed E-state index contributed by atoms with van der Waals surface area (Å²) >= 11 is 0. The minimum absolute atomic E-state index is 0.841. The number of unbranched alkanes of at least 4 members (excludes halogenated alkanes) is 2. The van der Waals surface area contributed by atoms with Gasteiger partial charge in [-0.15, -0.1) is 0 Å². The van der Waals surface area contributed by atoms with Crippen molar-refractivity contribution in [2.75, 3.05) is 20.2 Å². The van der Waals surface area contributed by atoms with Crippen LogP contribution in [0.25, 0.3) is 0 Å². The van der Waals surface area contributed by atoms with Gasteiger partial charge in [0.15, 0.2) is 0 Å². The largest absolute Gasteiger partial charge is 0.494 e. The fourth-order valence-corrected chi connectivity index (χ4v) is 1.80. The van der Waals surface area contributed by atoms with Crippen LogP contribution in [0.4, 0.5) is 0 Å². The van der Waals surface area contributed by atoms with Crippen LogP contribution in [0.15, 0.2) is 24.3 Å². The van der Waals surface area contributed by atoms with Crippen molar-refractivity contribution < 1.29 is 4.74 Å². The Morgan fingerprint density at radius 1 is 1.18 bits per heavy atom. The third-order valence-electron chi connectivity index (χ3n) is 2.81. The van der Waals surface area contributed by atoms with E-state index in [0.717, 1.165) is 31.7 Å². The van der Waals surface area contributed by atoms with Gasteiger partial charge < -0.3 is 10.1 Å². The monoisotopic (exact) mass is 235 g/mol. The first-order valence-corrected chi connectivity index (χ1v) is 6.73. The van der Waals surface area contributed by atoms with Gasteiger partial charge in [-0.25, -0.2) is 0 Å². The molecule has 1 N–H and O–H groups in total. The Labute approximate surface area is 105 Å². The number of aryl methyl sites for hydroxylation is 1. The highest BCUT2D eigenvalue weighted by atomic mass is 16.5. The van der Waals surface area contributed by atoms with E-state index in [1.54, 1.807) is 0 Å². The fourth-order valence-electron chi connectivity index (χ4n) is 1.80. The molecule has 0 aromatic heterocycles. The molecule has 2 heteroatoms. The Kier molecular flexibility index (Phi) is 7.48. The number of ether oxygens (including phenoxy) is 1. The van der Waals surface area contributed by atoms with Crippen molar-refractivity contribution in [3.63, 3.8) is 0 Å². The van der Waals surface area contributed by atoms with Crippen molar-refractivity contribution in [1.29, 1.82) is 0 Å². The highest BCUT2D eigenvalue weighted by molar-refractivity contribution is 5.28. The summed E-state index contributed by atoms with van der Waals surface area (Å²) in [6, 6.07) is 8.48. The average molecular weight is 235 g/mol. The van der Waals surface area contributed by atoms with Gasteiger partial charge in [-0.1, -0.05) is 31.9 Å². The average Bonchev–Trinajstić information content (AvgIpc) is 2.36. The molecule has 0 saturated heterocycles. The van der Waals surface area contributed by atoms with Gasteiger partial charge >= 0.3 is 0 Å². The molecule has 0 radical (unpaired) electrons. The summed E-state index contributed by atoms with van der Waals surface area (Å²) in [4.78, 5) is 0. The Balaban J connectivity index is 2.31. The summed E-state index contributed by atoms with van der Waals surface area (Å²) in [6.07, 6.45) is 5.94. The van der Waals surface area contributed by atoms with Gasteiger partial charge in [0.1, 0.15) is 5.75 Å². The van der Waals surface area contributed by atoms with Crippen LogP contribution in [-0.4, -0.2) is 20.2 Å². The van der Waals surface area contributed by atoms with E-state index in [-0.39, 0.29) is 0 Å². The van der Waals surface area contributed by atoms with Gasteiger partial charge in [0.05, 0.1) is 6.61 Å². The zero-order valence-electron chi connectivity index (χ0n) is 11.2. The molecule has 0 bridgehead atoms. The molecule has 0 atom stereocenters. The Bertz CT molecular complexity index is 299. The highest BCUT2D eigenvalue weighted by Crippen LogP contribution is 2.15. The molecule has 0 saturated carbocycles. The lowest BCUT2D eigenvalue weighted by atomic mass is 10.1. The SMILES string of the molecule is CCCCCOc1cccc(CCCNC)c1. The zero-order valence-corrected chi connectivity index (χ0v) is 11.2. The third-order valence-corrected chi connectivity index (χ3v) is 2.81. The normalized spacial score (nSPS) is 10.5. The van der Waals surface area contributed by atoms with E-state index in [1.807, 2.05) is 13.1 Å². The Morgan fingerprint density at radius 2 is 2.06 bits per heavy atom. The quantitative estimate of drug-likeness (QED) is 0.662.